The average molecular weight is 343 g/mol. The maximum atomic E-state index is 12.7. The predicted molar refractivity (Wildman–Crippen MR) is 99.2 cm³/mol. The number of anilines is 1. The van der Waals surface area contributed by atoms with E-state index in [0.717, 1.165) is 51.1 Å². The highest BCUT2D eigenvalue weighted by Crippen LogP contribution is 2.23. The number of hydrogen-bond acceptors (Lipinski definition) is 3. The molecule has 1 aromatic carbocycles. The second-order valence-corrected chi connectivity index (χ2v) is 7.50. The van der Waals surface area contributed by atoms with Crippen LogP contribution in [0.25, 0.3) is 0 Å². The highest BCUT2D eigenvalue weighted by Gasteiger charge is 2.30. The molecule has 0 saturated carbocycles. The van der Waals surface area contributed by atoms with Gasteiger partial charge in [-0.25, -0.2) is 0 Å². The number of piperidine rings is 2. The first-order valence-corrected chi connectivity index (χ1v) is 9.48. The molecule has 0 aliphatic carbocycles. The van der Waals surface area contributed by atoms with Gasteiger partial charge in [-0.1, -0.05) is 25.1 Å². The number of para-hydroxylation sites is 1. The Morgan fingerprint density at radius 1 is 1.08 bits per heavy atom. The highest BCUT2D eigenvalue weighted by atomic mass is 16.2. The molecule has 2 heterocycles. The largest absolute Gasteiger partial charge is 0.342 e. The fraction of sp³-hybridized carbons (Fsp3) is 0.600. The molecule has 5 nitrogen and oxygen atoms in total. The van der Waals surface area contributed by atoms with Gasteiger partial charge in [-0.15, -0.1) is 0 Å². The summed E-state index contributed by atoms with van der Waals surface area (Å²) in [6, 6.07) is 9.54. The van der Waals surface area contributed by atoms with Crippen LogP contribution in [0.15, 0.2) is 30.3 Å². The van der Waals surface area contributed by atoms with E-state index >= 15 is 0 Å². The van der Waals surface area contributed by atoms with Gasteiger partial charge in [-0.2, -0.15) is 0 Å². The van der Waals surface area contributed by atoms with Crippen LogP contribution < -0.4 is 5.32 Å². The van der Waals surface area contributed by atoms with Crippen LogP contribution >= 0.6 is 0 Å². The number of rotatable bonds is 4. The third-order valence-electron chi connectivity index (χ3n) is 5.33. The molecular formula is C20H29N3O2. The lowest BCUT2D eigenvalue weighted by Gasteiger charge is -2.37. The smallest absolute Gasteiger partial charge is 0.238 e. The Labute approximate surface area is 150 Å². The summed E-state index contributed by atoms with van der Waals surface area (Å²) in [5, 5.41) is 2.92. The molecule has 2 amide bonds. The topological polar surface area (TPSA) is 52.7 Å². The second-order valence-electron chi connectivity index (χ2n) is 7.50. The van der Waals surface area contributed by atoms with Crippen LogP contribution in [-0.2, 0) is 9.59 Å². The standard InChI is InChI=1S/C20H29N3O2/c1-16-6-5-11-23(14-16)20(25)17-9-12-22(13-10-17)15-19(24)21-18-7-3-2-4-8-18/h2-4,7-8,16-17H,5-6,9-15H2,1H3,(H,21,24). The van der Waals surface area contributed by atoms with Crippen LogP contribution in [0.5, 0.6) is 0 Å². The van der Waals surface area contributed by atoms with Gasteiger partial charge in [0.05, 0.1) is 6.54 Å². The quantitative estimate of drug-likeness (QED) is 0.914. The third kappa shape index (κ3) is 5.05. The van der Waals surface area contributed by atoms with Crippen LogP contribution in [0.1, 0.15) is 32.6 Å². The maximum Gasteiger partial charge on any atom is 0.238 e. The summed E-state index contributed by atoms with van der Waals surface area (Å²) in [6.45, 7) is 6.11. The number of carbonyl (C=O) groups is 2. The number of likely N-dealkylation sites (tertiary alicyclic amines) is 2. The Kier molecular flexibility index (Phi) is 6.08. The number of carbonyl (C=O) groups excluding carboxylic acids is 2. The van der Waals surface area contributed by atoms with Gasteiger partial charge in [0.15, 0.2) is 0 Å². The third-order valence-corrected chi connectivity index (χ3v) is 5.33. The first-order valence-electron chi connectivity index (χ1n) is 9.48. The molecule has 1 unspecified atom stereocenters. The van der Waals surface area contributed by atoms with E-state index in [2.05, 4.69) is 22.0 Å². The molecule has 0 radical (unpaired) electrons. The molecule has 3 rings (SSSR count). The second kappa shape index (κ2) is 8.48. The molecule has 2 saturated heterocycles. The Morgan fingerprint density at radius 2 is 1.80 bits per heavy atom. The van der Waals surface area contributed by atoms with Gasteiger partial charge in [-0.3, -0.25) is 14.5 Å². The number of amides is 2. The fourth-order valence-electron chi connectivity index (χ4n) is 3.91. The minimum atomic E-state index is 0.0147. The summed E-state index contributed by atoms with van der Waals surface area (Å²) in [6.07, 6.45) is 4.09. The van der Waals surface area contributed by atoms with Crippen LogP contribution in [0.4, 0.5) is 5.69 Å². The molecule has 1 atom stereocenters. The lowest BCUT2D eigenvalue weighted by atomic mass is 9.93. The van der Waals surface area contributed by atoms with Gasteiger partial charge in [0.2, 0.25) is 11.8 Å². The molecule has 0 bridgehead atoms. The number of nitrogens with zero attached hydrogens (tertiary/aromatic N) is 2. The van der Waals surface area contributed by atoms with Crippen molar-refractivity contribution in [3.63, 3.8) is 0 Å². The molecular weight excluding hydrogens is 314 g/mol. The van der Waals surface area contributed by atoms with Gasteiger partial charge in [0.25, 0.3) is 0 Å². The molecule has 2 aliphatic rings. The van der Waals surface area contributed by atoms with Crippen LogP contribution in [0.2, 0.25) is 0 Å². The van der Waals surface area contributed by atoms with Crippen molar-refractivity contribution in [2.24, 2.45) is 11.8 Å². The van der Waals surface area contributed by atoms with Crippen molar-refractivity contribution < 1.29 is 9.59 Å². The first kappa shape index (κ1) is 17.9. The van der Waals surface area contributed by atoms with Gasteiger partial charge in [-0.05, 0) is 56.8 Å². The molecule has 0 aromatic heterocycles. The summed E-state index contributed by atoms with van der Waals surface area (Å²) >= 11 is 0. The van der Waals surface area contributed by atoms with Crippen LogP contribution in [0.3, 0.4) is 0 Å². The number of hydrogen-bond donors (Lipinski definition) is 1. The van der Waals surface area contributed by atoms with E-state index in [1.807, 2.05) is 30.3 Å². The lowest BCUT2D eigenvalue weighted by molar-refractivity contribution is -0.138. The predicted octanol–water partition coefficient (Wildman–Crippen LogP) is 2.60. The molecule has 1 aromatic rings. The zero-order valence-corrected chi connectivity index (χ0v) is 15.1. The van der Waals surface area contributed by atoms with E-state index < -0.39 is 0 Å². The summed E-state index contributed by atoms with van der Waals surface area (Å²) in [5.41, 5.74) is 0.830. The lowest BCUT2D eigenvalue weighted by Crippen LogP contribution is -2.46. The molecule has 1 N–H and O–H groups in total. The van der Waals surface area contributed by atoms with Crippen molar-refractivity contribution in [2.45, 2.75) is 32.6 Å². The Bertz CT molecular complexity index is 582. The summed E-state index contributed by atoms with van der Waals surface area (Å²) < 4.78 is 0. The van der Waals surface area contributed by atoms with E-state index in [-0.39, 0.29) is 11.8 Å². The number of nitrogens with one attached hydrogen (secondary N) is 1. The zero-order chi connectivity index (χ0) is 17.6. The number of benzene rings is 1. The van der Waals surface area contributed by atoms with Crippen molar-refractivity contribution in [1.29, 1.82) is 0 Å². The van der Waals surface area contributed by atoms with E-state index in [4.69, 9.17) is 0 Å². The summed E-state index contributed by atoms with van der Waals surface area (Å²) in [7, 11) is 0. The minimum absolute atomic E-state index is 0.0147. The van der Waals surface area contributed by atoms with Crippen molar-refractivity contribution in [3.8, 4) is 0 Å². The Morgan fingerprint density at radius 3 is 2.48 bits per heavy atom. The Balaban J connectivity index is 1.42. The van der Waals surface area contributed by atoms with Crippen LogP contribution in [0, 0.1) is 11.8 Å². The van der Waals surface area contributed by atoms with Crippen molar-refractivity contribution in [1.82, 2.24) is 9.80 Å². The SMILES string of the molecule is CC1CCCN(C(=O)C2CCN(CC(=O)Nc3ccccc3)CC2)C1. The molecule has 25 heavy (non-hydrogen) atoms. The molecule has 0 spiro atoms. The van der Waals surface area contributed by atoms with Gasteiger partial charge < -0.3 is 10.2 Å². The zero-order valence-electron chi connectivity index (χ0n) is 15.1. The van der Waals surface area contributed by atoms with E-state index in [9.17, 15) is 9.59 Å². The van der Waals surface area contributed by atoms with Gasteiger partial charge >= 0.3 is 0 Å². The normalized spacial score (nSPS) is 22.6. The first-order chi connectivity index (χ1) is 12.1. The molecule has 2 fully saturated rings. The van der Waals surface area contributed by atoms with Gasteiger partial charge in [0.1, 0.15) is 0 Å². The van der Waals surface area contributed by atoms with Crippen LogP contribution in [-0.4, -0.2) is 54.3 Å². The van der Waals surface area contributed by atoms with E-state index in [1.165, 1.54) is 6.42 Å². The maximum absolute atomic E-state index is 12.7. The molecule has 5 heteroatoms. The van der Waals surface area contributed by atoms with Crippen molar-refractivity contribution >= 4 is 17.5 Å². The van der Waals surface area contributed by atoms with Crippen molar-refractivity contribution in [2.75, 3.05) is 38.0 Å². The molecule has 2 aliphatic heterocycles. The minimum Gasteiger partial charge on any atom is -0.342 e. The van der Waals surface area contributed by atoms with E-state index in [0.29, 0.717) is 18.4 Å². The van der Waals surface area contributed by atoms with Gasteiger partial charge in [0, 0.05) is 24.7 Å². The summed E-state index contributed by atoms with van der Waals surface area (Å²) in [4.78, 5) is 29.1. The highest BCUT2D eigenvalue weighted by molar-refractivity contribution is 5.92. The van der Waals surface area contributed by atoms with E-state index in [1.54, 1.807) is 0 Å². The average Bonchev–Trinajstić information content (AvgIpc) is 2.62. The molecule has 136 valence electrons. The monoisotopic (exact) mass is 343 g/mol. The summed E-state index contributed by atoms with van der Waals surface area (Å²) in [5.74, 6) is 1.11. The Hall–Kier alpha value is -1.88. The van der Waals surface area contributed by atoms with Crippen molar-refractivity contribution in [3.05, 3.63) is 30.3 Å². The fourth-order valence-corrected chi connectivity index (χ4v) is 3.91.